The Bertz CT molecular complexity index is 543. The van der Waals surface area contributed by atoms with Gasteiger partial charge in [-0.15, -0.1) is 0 Å². The molecule has 0 aromatic heterocycles. The SMILES string of the molecule is Cc1cc(B(O)O)ccc1OCCOc1ccccc1. The van der Waals surface area contributed by atoms with E-state index < -0.39 is 7.12 Å². The van der Waals surface area contributed by atoms with Gasteiger partial charge in [-0.05, 0) is 36.1 Å². The van der Waals surface area contributed by atoms with E-state index in [1.165, 1.54) is 0 Å². The lowest BCUT2D eigenvalue weighted by Gasteiger charge is -2.11. The van der Waals surface area contributed by atoms with Gasteiger partial charge in [-0.3, -0.25) is 0 Å². The van der Waals surface area contributed by atoms with Crippen molar-refractivity contribution in [2.24, 2.45) is 0 Å². The summed E-state index contributed by atoms with van der Waals surface area (Å²) in [4.78, 5) is 0. The summed E-state index contributed by atoms with van der Waals surface area (Å²) in [6.07, 6.45) is 0. The molecule has 4 nitrogen and oxygen atoms in total. The Morgan fingerprint density at radius 1 is 0.950 bits per heavy atom. The number of para-hydroxylation sites is 1. The maximum Gasteiger partial charge on any atom is 0.488 e. The second-order valence-electron chi connectivity index (χ2n) is 4.41. The number of ether oxygens (including phenoxy) is 2. The summed E-state index contributed by atoms with van der Waals surface area (Å²) in [5, 5.41) is 18.1. The maximum atomic E-state index is 9.07. The van der Waals surface area contributed by atoms with Gasteiger partial charge in [0.1, 0.15) is 24.7 Å². The summed E-state index contributed by atoms with van der Waals surface area (Å²) in [7, 11) is -1.45. The predicted molar refractivity (Wildman–Crippen MR) is 78.4 cm³/mol. The molecular weight excluding hydrogens is 255 g/mol. The van der Waals surface area contributed by atoms with Crippen LogP contribution in [0, 0.1) is 6.92 Å². The number of rotatable bonds is 6. The summed E-state index contributed by atoms with van der Waals surface area (Å²) in [5.74, 6) is 1.53. The van der Waals surface area contributed by atoms with Gasteiger partial charge in [0, 0.05) is 0 Å². The molecule has 0 saturated carbocycles. The van der Waals surface area contributed by atoms with Crippen molar-refractivity contribution < 1.29 is 19.5 Å². The molecule has 2 aromatic carbocycles. The van der Waals surface area contributed by atoms with E-state index >= 15 is 0 Å². The smallest absolute Gasteiger partial charge is 0.488 e. The van der Waals surface area contributed by atoms with Gasteiger partial charge in [0.2, 0.25) is 0 Å². The first-order valence-corrected chi connectivity index (χ1v) is 6.44. The van der Waals surface area contributed by atoms with Crippen LogP contribution in [0.1, 0.15) is 5.56 Å². The summed E-state index contributed by atoms with van der Waals surface area (Å²) in [6, 6.07) is 14.6. The average Bonchev–Trinajstić information content (AvgIpc) is 2.46. The summed E-state index contributed by atoms with van der Waals surface area (Å²) in [5.41, 5.74) is 1.31. The highest BCUT2D eigenvalue weighted by Gasteiger charge is 2.12. The standard InChI is InChI=1S/C15H17BO4/c1-12-11-13(16(17)18)7-8-15(12)20-10-9-19-14-5-3-2-4-6-14/h2-8,11,17-18H,9-10H2,1H3. The summed E-state index contributed by atoms with van der Waals surface area (Å²) >= 11 is 0. The average molecular weight is 272 g/mol. The molecular formula is C15H17BO4. The molecule has 0 saturated heterocycles. The monoisotopic (exact) mass is 272 g/mol. The number of hydrogen-bond donors (Lipinski definition) is 2. The zero-order chi connectivity index (χ0) is 14.4. The molecule has 0 aliphatic heterocycles. The van der Waals surface area contributed by atoms with E-state index in [1.807, 2.05) is 37.3 Å². The van der Waals surface area contributed by atoms with Crippen LogP contribution in [0.3, 0.4) is 0 Å². The highest BCUT2D eigenvalue weighted by atomic mass is 16.5. The first-order valence-electron chi connectivity index (χ1n) is 6.44. The van der Waals surface area contributed by atoms with E-state index in [9.17, 15) is 0 Å². The molecule has 0 aliphatic rings. The van der Waals surface area contributed by atoms with E-state index in [1.54, 1.807) is 18.2 Å². The normalized spacial score (nSPS) is 10.2. The predicted octanol–water partition coefficient (Wildman–Crippen LogP) is 1.13. The maximum absolute atomic E-state index is 9.07. The van der Waals surface area contributed by atoms with Crippen molar-refractivity contribution >= 4 is 12.6 Å². The number of benzene rings is 2. The molecule has 2 rings (SSSR count). The summed E-state index contributed by atoms with van der Waals surface area (Å²) < 4.78 is 11.1. The van der Waals surface area contributed by atoms with E-state index in [2.05, 4.69) is 0 Å². The fourth-order valence-corrected chi connectivity index (χ4v) is 1.82. The van der Waals surface area contributed by atoms with Gasteiger partial charge in [0.15, 0.2) is 0 Å². The highest BCUT2D eigenvalue weighted by molar-refractivity contribution is 6.58. The van der Waals surface area contributed by atoms with Crippen molar-refractivity contribution in [2.75, 3.05) is 13.2 Å². The van der Waals surface area contributed by atoms with E-state index in [0.717, 1.165) is 11.3 Å². The highest BCUT2D eigenvalue weighted by Crippen LogP contribution is 2.15. The van der Waals surface area contributed by atoms with Crippen LogP contribution in [0.5, 0.6) is 11.5 Å². The lowest BCUT2D eigenvalue weighted by molar-refractivity contribution is 0.216. The first kappa shape index (κ1) is 14.4. The topological polar surface area (TPSA) is 58.9 Å². The molecule has 20 heavy (non-hydrogen) atoms. The number of hydrogen-bond acceptors (Lipinski definition) is 4. The Morgan fingerprint density at radius 3 is 2.30 bits per heavy atom. The quantitative estimate of drug-likeness (QED) is 0.611. The minimum Gasteiger partial charge on any atom is -0.490 e. The van der Waals surface area contributed by atoms with Gasteiger partial charge in [0.05, 0.1) is 0 Å². The Morgan fingerprint density at radius 2 is 1.65 bits per heavy atom. The lowest BCUT2D eigenvalue weighted by Crippen LogP contribution is -2.29. The van der Waals surface area contributed by atoms with Crippen LogP contribution in [0.15, 0.2) is 48.5 Å². The van der Waals surface area contributed by atoms with Crippen LogP contribution >= 0.6 is 0 Å². The molecule has 0 aliphatic carbocycles. The molecule has 0 spiro atoms. The van der Waals surface area contributed by atoms with Crippen molar-refractivity contribution in [3.8, 4) is 11.5 Å². The minimum absolute atomic E-state index is 0.427. The molecule has 0 bridgehead atoms. The second-order valence-corrected chi connectivity index (χ2v) is 4.41. The molecule has 0 unspecified atom stereocenters. The van der Waals surface area contributed by atoms with Crippen LogP contribution in [0.4, 0.5) is 0 Å². The van der Waals surface area contributed by atoms with Gasteiger partial charge in [-0.25, -0.2) is 0 Å². The van der Waals surface area contributed by atoms with Gasteiger partial charge < -0.3 is 19.5 Å². The van der Waals surface area contributed by atoms with Gasteiger partial charge in [-0.2, -0.15) is 0 Å². The third kappa shape index (κ3) is 4.01. The third-order valence-electron chi connectivity index (χ3n) is 2.85. The Hall–Kier alpha value is -1.98. The molecule has 0 radical (unpaired) electrons. The lowest BCUT2D eigenvalue weighted by atomic mass is 9.79. The minimum atomic E-state index is -1.45. The van der Waals surface area contributed by atoms with Crippen molar-refractivity contribution in [3.05, 3.63) is 54.1 Å². The molecule has 5 heteroatoms. The van der Waals surface area contributed by atoms with Crippen LogP contribution in [0.25, 0.3) is 0 Å². The van der Waals surface area contributed by atoms with Crippen molar-refractivity contribution in [1.82, 2.24) is 0 Å². The van der Waals surface area contributed by atoms with E-state index in [-0.39, 0.29) is 0 Å². The molecule has 104 valence electrons. The van der Waals surface area contributed by atoms with E-state index in [0.29, 0.717) is 24.4 Å². The molecule has 2 N–H and O–H groups in total. The van der Waals surface area contributed by atoms with Crippen molar-refractivity contribution in [1.29, 1.82) is 0 Å². The van der Waals surface area contributed by atoms with Gasteiger partial charge in [0.25, 0.3) is 0 Å². The van der Waals surface area contributed by atoms with Gasteiger partial charge >= 0.3 is 7.12 Å². The molecule has 0 heterocycles. The fourth-order valence-electron chi connectivity index (χ4n) is 1.82. The molecule has 0 fully saturated rings. The zero-order valence-electron chi connectivity index (χ0n) is 11.3. The fraction of sp³-hybridized carbons (Fsp3) is 0.200. The Labute approximate surface area is 118 Å². The van der Waals surface area contributed by atoms with Crippen LogP contribution in [-0.4, -0.2) is 30.4 Å². The molecule has 2 aromatic rings. The molecule has 0 amide bonds. The largest absolute Gasteiger partial charge is 0.490 e. The second kappa shape index (κ2) is 6.98. The van der Waals surface area contributed by atoms with Crippen LogP contribution < -0.4 is 14.9 Å². The number of aryl methyl sites for hydroxylation is 1. The zero-order valence-corrected chi connectivity index (χ0v) is 11.3. The Balaban J connectivity index is 1.82. The summed E-state index contributed by atoms with van der Waals surface area (Å²) in [6.45, 7) is 2.74. The van der Waals surface area contributed by atoms with Gasteiger partial charge in [-0.1, -0.05) is 30.3 Å². The molecule has 0 atom stereocenters. The third-order valence-corrected chi connectivity index (χ3v) is 2.85. The van der Waals surface area contributed by atoms with Crippen molar-refractivity contribution in [2.45, 2.75) is 6.92 Å². The van der Waals surface area contributed by atoms with E-state index in [4.69, 9.17) is 19.5 Å². The van der Waals surface area contributed by atoms with Crippen molar-refractivity contribution in [3.63, 3.8) is 0 Å². The Kier molecular flexibility index (Phi) is 5.04. The first-order chi connectivity index (χ1) is 9.66. The van der Waals surface area contributed by atoms with Crippen LogP contribution in [-0.2, 0) is 0 Å². The van der Waals surface area contributed by atoms with Crippen LogP contribution in [0.2, 0.25) is 0 Å².